The number of hydrogen-bond acceptors (Lipinski definition) is 3. The van der Waals surface area contributed by atoms with Crippen LogP contribution in [0.4, 0.5) is 0 Å². The van der Waals surface area contributed by atoms with Gasteiger partial charge in [0, 0.05) is 39.3 Å². The third-order valence-corrected chi connectivity index (χ3v) is 4.37. The Labute approximate surface area is 145 Å². The Kier molecular flexibility index (Phi) is 9.92. The molecule has 0 bridgehead atoms. The lowest BCUT2D eigenvalue weighted by Crippen LogP contribution is -2.37. The van der Waals surface area contributed by atoms with Gasteiger partial charge in [0.25, 0.3) is 0 Å². The highest BCUT2D eigenvalue weighted by atomic mass is 35.5. The molecule has 1 aliphatic rings. The minimum Gasteiger partial charge on any atom is -0.381 e. The number of carbonyl (C=O) groups excluding carboxylic acids is 1. The number of benzene rings is 1. The van der Waals surface area contributed by atoms with E-state index in [-0.39, 0.29) is 18.3 Å². The van der Waals surface area contributed by atoms with Crippen molar-refractivity contribution in [2.75, 3.05) is 32.8 Å². The van der Waals surface area contributed by atoms with Crippen molar-refractivity contribution in [3.05, 3.63) is 35.9 Å². The molecular formula is C18H29ClN2O2. The molecule has 2 N–H and O–H groups in total. The van der Waals surface area contributed by atoms with Crippen LogP contribution in [-0.4, -0.2) is 43.7 Å². The van der Waals surface area contributed by atoms with Crippen LogP contribution in [0, 0.1) is 5.92 Å². The van der Waals surface area contributed by atoms with Crippen molar-refractivity contribution >= 4 is 18.3 Å². The fraction of sp³-hybridized carbons (Fsp3) is 0.611. The third-order valence-electron chi connectivity index (χ3n) is 4.37. The standard InChI is InChI=1S/C18H28N2O2.ClH/c19-11-13-20(12-8-16-4-2-1-3-5-16)18(21)7-6-17-9-14-22-15-10-17;/h1-5,17H,6-15,19H2;1H. The lowest BCUT2D eigenvalue weighted by atomic mass is 9.94. The molecule has 1 fully saturated rings. The van der Waals surface area contributed by atoms with E-state index in [2.05, 4.69) is 12.1 Å². The predicted molar refractivity (Wildman–Crippen MR) is 95.8 cm³/mol. The van der Waals surface area contributed by atoms with Crippen molar-refractivity contribution in [3.63, 3.8) is 0 Å². The maximum Gasteiger partial charge on any atom is 0.222 e. The molecule has 4 nitrogen and oxygen atoms in total. The van der Waals surface area contributed by atoms with Crippen LogP contribution >= 0.6 is 12.4 Å². The fourth-order valence-corrected chi connectivity index (χ4v) is 2.95. The van der Waals surface area contributed by atoms with Crippen molar-refractivity contribution in [3.8, 4) is 0 Å². The Morgan fingerprint density at radius 1 is 1.17 bits per heavy atom. The van der Waals surface area contributed by atoms with Crippen LogP contribution < -0.4 is 5.73 Å². The normalized spacial score (nSPS) is 15.0. The molecule has 1 aromatic carbocycles. The van der Waals surface area contributed by atoms with E-state index in [9.17, 15) is 4.79 Å². The molecule has 1 aliphatic heterocycles. The summed E-state index contributed by atoms with van der Waals surface area (Å²) in [4.78, 5) is 14.4. The molecule has 130 valence electrons. The molecule has 0 unspecified atom stereocenters. The van der Waals surface area contributed by atoms with Crippen LogP contribution in [-0.2, 0) is 16.0 Å². The average molecular weight is 341 g/mol. The number of carbonyl (C=O) groups is 1. The second kappa shape index (κ2) is 11.4. The SMILES string of the molecule is Cl.NCCN(CCc1ccccc1)C(=O)CCC1CCOCC1. The summed E-state index contributed by atoms with van der Waals surface area (Å²) in [5, 5.41) is 0. The Morgan fingerprint density at radius 3 is 2.52 bits per heavy atom. The van der Waals surface area contributed by atoms with Gasteiger partial charge >= 0.3 is 0 Å². The summed E-state index contributed by atoms with van der Waals surface area (Å²) in [5.74, 6) is 0.888. The summed E-state index contributed by atoms with van der Waals surface area (Å²) in [6, 6.07) is 10.3. The number of halogens is 1. The largest absolute Gasteiger partial charge is 0.381 e. The van der Waals surface area contributed by atoms with Gasteiger partial charge in [0.1, 0.15) is 0 Å². The summed E-state index contributed by atoms with van der Waals surface area (Å²) in [7, 11) is 0. The van der Waals surface area contributed by atoms with Crippen molar-refractivity contribution in [2.24, 2.45) is 11.7 Å². The summed E-state index contributed by atoms with van der Waals surface area (Å²) in [6.07, 6.45) is 4.69. The van der Waals surface area contributed by atoms with E-state index in [4.69, 9.17) is 10.5 Å². The van der Waals surface area contributed by atoms with Gasteiger partial charge in [-0.2, -0.15) is 0 Å². The molecule has 2 rings (SSSR count). The molecule has 0 spiro atoms. The quantitative estimate of drug-likeness (QED) is 0.791. The van der Waals surface area contributed by atoms with Crippen LogP contribution in [0.3, 0.4) is 0 Å². The Bertz CT molecular complexity index is 436. The zero-order chi connectivity index (χ0) is 15.6. The van der Waals surface area contributed by atoms with Crippen LogP contribution in [0.2, 0.25) is 0 Å². The zero-order valence-electron chi connectivity index (χ0n) is 13.8. The number of nitrogens with zero attached hydrogens (tertiary/aromatic N) is 1. The molecule has 0 aliphatic carbocycles. The van der Waals surface area contributed by atoms with E-state index in [0.717, 1.165) is 45.4 Å². The number of hydrogen-bond donors (Lipinski definition) is 1. The number of ether oxygens (including phenoxy) is 1. The van der Waals surface area contributed by atoms with Crippen molar-refractivity contribution in [1.29, 1.82) is 0 Å². The van der Waals surface area contributed by atoms with Crippen LogP contribution in [0.25, 0.3) is 0 Å². The second-order valence-corrected chi connectivity index (χ2v) is 6.00. The summed E-state index contributed by atoms with van der Waals surface area (Å²) in [6.45, 7) is 3.63. The minimum absolute atomic E-state index is 0. The topological polar surface area (TPSA) is 55.6 Å². The van der Waals surface area contributed by atoms with Gasteiger partial charge in [-0.1, -0.05) is 30.3 Å². The maximum atomic E-state index is 12.4. The highest BCUT2D eigenvalue weighted by Crippen LogP contribution is 2.20. The molecule has 5 heteroatoms. The fourth-order valence-electron chi connectivity index (χ4n) is 2.95. The predicted octanol–water partition coefficient (Wildman–Crippen LogP) is 2.65. The zero-order valence-corrected chi connectivity index (χ0v) is 14.6. The molecule has 1 amide bonds. The molecule has 0 atom stereocenters. The number of rotatable bonds is 8. The van der Waals surface area contributed by atoms with E-state index in [0.29, 0.717) is 25.4 Å². The second-order valence-electron chi connectivity index (χ2n) is 6.00. The Morgan fingerprint density at radius 2 is 1.87 bits per heavy atom. The van der Waals surface area contributed by atoms with Gasteiger partial charge in [-0.15, -0.1) is 12.4 Å². The maximum absolute atomic E-state index is 12.4. The monoisotopic (exact) mass is 340 g/mol. The molecular weight excluding hydrogens is 312 g/mol. The van der Waals surface area contributed by atoms with Gasteiger partial charge in [0.05, 0.1) is 0 Å². The molecule has 0 saturated carbocycles. The van der Waals surface area contributed by atoms with E-state index in [1.807, 2.05) is 23.1 Å². The highest BCUT2D eigenvalue weighted by molar-refractivity contribution is 5.85. The number of nitrogens with two attached hydrogens (primary N) is 1. The lowest BCUT2D eigenvalue weighted by molar-refractivity contribution is -0.131. The molecule has 23 heavy (non-hydrogen) atoms. The molecule has 0 aromatic heterocycles. The van der Waals surface area contributed by atoms with Crippen molar-refractivity contribution in [1.82, 2.24) is 4.90 Å². The molecule has 1 saturated heterocycles. The van der Waals surface area contributed by atoms with E-state index < -0.39 is 0 Å². The molecule has 0 radical (unpaired) electrons. The van der Waals surface area contributed by atoms with Gasteiger partial charge in [0.2, 0.25) is 5.91 Å². The summed E-state index contributed by atoms with van der Waals surface area (Å²) < 4.78 is 5.37. The van der Waals surface area contributed by atoms with E-state index in [1.54, 1.807) is 0 Å². The van der Waals surface area contributed by atoms with Crippen LogP contribution in [0.1, 0.15) is 31.2 Å². The van der Waals surface area contributed by atoms with Gasteiger partial charge in [-0.25, -0.2) is 0 Å². The van der Waals surface area contributed by atoms with Gasteiger partial charge in [0.15, 0.2) is 0 Å². The van der Waals surface area contributed by atoms with Crippen LogP contribution in [0.5, 0.6) is 0 Å². The first-order chi connectivity index (χ1) is 10.8. The van der Waals surface area contributed by atoms with Gasteiger partial charge in [-0.3, -0.25) is 4.79 Å². The number of amides is 1. The minimum atomic E-state index is 0. The van der Waals surface area contributed by atoms with E-state index >= 15 is 0 Å². The molecule has 1 aromatic rings. The smallest absolute Gasteiger partial charge is 0.222 e. The summed E-state index contributed by atoms with van der Waals surface area (Å²) >= 11 is 0. The third kappa shape index (κ3) is 7.34. The summed E-state index contributed by atoms with van der Waals surface area (Å²) in [5.41, 5.74) is 6.93. The first-order valence-corrected chi connectivity index (χ1v) is 8.39. The van der Waals surface area contributed by atoms with Crippen LogP contribution in [0.15, 0.2) is 30.3 Å². The van der Waals surface area contributed by atoms with Crippen molar-refractivity contribution in [2.45, 2.75) is 32.1 Å². The molecule has 1 heterocycles. The Balaban J connectivity index is 0.00000264. The highest BCUT2D eigenvalue weighted by Gasteiger charge is 2.18. The average Bonchev–Trinajstić information content (AvgIpc) is 2.58. The van der Waals surface area contributed by atoms with Gasteiger partial charge < -0.3 is 15.4 Å². The first-order valence-electron chi connectivity index (χ1n) is 8.39. The van der Waals surface area contributed by atoms with Crippen molar-refractivity contribution < 1.29 is 9.53 Å². The van der Waals surface area contributed by atoms with E-state index in [1.165, 1.54) is 5.56 Å². The Hall–Kier alpha value is -1.10. The van der Waals surface area contributed by atoms with Gasteiger partial charge in [-0.05, 0) is 37.2 Å². The first kappa shape index (κ1) is 19.9. The lowest BCUT2D eigenvalue weighted by Gasteiger charge is -2.25.